The standard InChI is InChI=1S/C35H102O15Si17/c1-34-66(32,38-52(4)36-51(3)37-53(5)55(9,10)11)50-67(33,35-2)49-65(30,31)48-64(28,29)47-63(26,27)46-62(24,25)45-61(22,23)44-60(20,21)43-59(18,19)42-58(16,17)41-57(14,15)40-56(12,13)39-54(6,7)8/h34-35,51-53H,1-2H2,3-33H3. The Morgan fingerprint density at radius 1 is 0.284 bits per heavy atom. The van der Waals surface area contributed by atoms with E-state index in [9.17, 15) is 0 Å². The van der Waals surface area contributed by atoms with Crippen molar-refractivity contribution in [3.8, 4) is 0 Å². The molecule has 0 aromatic rings. The molecule has 0 saturated carbocycles. The molecular formula is C35H102O15Si17. The predicted octanol–water partition coefficient (Wildman–Crippen LogP) is 11.2. The van der Waals surface area contributed by atoms with Gasteiger partial charge >= 0.3 is 112 Å². The molecule has 0 rings (SSSR count). The molecule has 67 heavy (non-hydrogen) atoms. The first-order valence-corrected chi connectivity index (χ1v) is 71.2. The highest BCUT2D eigenvalue weighted by atomic mass is 29.2. The van der Waals surface area contributed by atoms with Gasteiger partial charge in [-0.05, 0) is 177 Å². The van der Waals surface area contributed by atoms with Crippen LogP contribution >= 0.6 is 0 Å². The Bertz CT molecular complexity index is 1590. The van der Waals surface area contributed by atoms with E-state index in [0.717, 1.165) is 0 Å². The summed E-state index contributed by atoms with van der Waals surface area (Å²) in [6, 6.07) is 0. The fourth-order valence-corrected chi connectivity index (χ4v) is 87.8. The first-order chi connectivity index (χ1) is 29.0. The van der Waals surface area contributed by atoms with E-state index in [4.69, 9.17) is 61.7 Å². The minimum Gasteiger partial charge on any atom is -0.444 e. The van der Waals surface area contributed by atoms with Crippen molar-refractivity contribution in [1.82, 2.24) is 0 Å². The molecule has 0 aliphatic rings. The highest BCUT2D eigenvalue weighted by molar-refractivity contribution is 7.29. The molecule has 400 valence electrons. The Morgan fingerprint density at radius 3 is 0.746 bits per heavy atom. The monoisotopic (exact) mass is 1240 g/mol. The third kappa shape index (κ3) is 30.6. The Kier molecular flexibility index (Phi) is 25.7. The van der Waals surface area contributed by atoms with Gasteiger partial charge in [0.2, 0.25) is 0 Å². The maximum atomic E-state index is 6.89. The van der Waals surface area contributed by atoms with Crippen LogP contribution in [0.2, 0.25) is 203 Å². The molecule has 0 spiro atoms. The van der Waals surface area contributed by atoms with Crippen LogP contribution in [0, 0.1) is 0 Å². The highest BCUT2D eigenvalue weighted by Gasteiger charge is 2.52. The van der Waals surface area contributed by atoms with Crippen LogP contribution in [0.15, 0.2) is 24.6 Å². The predicted molar refractivity (Wildman–Crippen MR) is 320 cm³/mol. The molecule has 5 atom stereocenters. The third-order valence-electron chi connectivity index (χ3n) is 8.97. The van der Waals surface area contributed by atoms with Crippen LogP contribution < -0.4 is 0 Å². The Labute approximate surface area is 431 Å². The number of rotatable bonds is 33. The molecule has 0 heterocycles. The number of hydrogen-bond donors (Lipinski definition) is 0. The second kappa shape index (κ2) is 24.7. The molecule has 0 aliphatic heterocycles. The van der Waals surface area contributed by atoms with Gasteiger partial charge < -0.3 is 61.7 Å². The van der Waals surface area contributed by atoms with Gasteiger partial charge in [-0.25, -0.2) is 0 Å². The van der Waals surface area contributed by atoms with E-state index in [1.807, 2.05) is 58.9 Å². The summed E-state index contributed by atoms with van der Waals surface area (Å²) < 4.78 is 101. The van der Waals surface area contributed by atoms with E-state index >= 15 is 0 Å². The van der Waals surface area contributed by atoms with Gasteiger partial charge in [-0.3, -0.25) is 0 Å². The molecule has 32 heteroatoms. The van der Waals surface area contributed by atoms with E-state index in [-0.39, 0.29) is 0 Å². The molecule has 0 aromatic heterocycles. The van der Waals surface area contributed by atoms with Crippen molar-refractivity contribution in [3.05, 3.63) is 24.6 Å². The summed E-state index contributed by atoms with van der Waals surface area (Å²) in [5.41, 5.74) is 3.60. The van der Waals surface area contributed by atoms with Crippen molar-refractivity contribution in [3.63, 3.8) is 0 Å². The van der Waals surface area contributed by atoms with Crippen LogP contribution in [0.25, 0.3) is 0 Å². The second-order valence-electron chi connectivity index (χ2n) is 24.3. The zero-order valence-electron chi connectivity index (χ0n) is 48.4. The van der Waals surface area contributed by atoms with Crippen LogP contribution in [0.4, 0.5) is 0 Å². The Hall–Kier alpha value is 2.57. The van der Waals surface area contributed by atoms with Gasteiger partial charge in [0.05, 0.1) is 7.59 Å². The summed E-state index contributed by atoms with van der Waals surface area (Å²) in [7, 11) is -41.7. The van der Waals surface area contributed by atoms with Crippen molar-refractivity contribution in [2.24, 2.45) is 0 Å². The molecule has 0 aliphatic carbocycles. The van der Waals surface area contributed by atoms with Gasteiger partial charge in [0, 0.05) is 0 Å². The summed E-state index contributed by atoms with van der Waals surface area (Å²) in [6.07, 6.45) is 0. The maximum Gasteiger partial charge on any atom is 0.343 e. The van der Waals surface area contributed by atoms with Gasteiger partial charge in [-0.2, -0.15) is 0 Å². The summed E-state index contributed by atoms with van der Waals surface area (Å²) in [5.74, 6) is 0. The Morgan fingerprint density at radius 2 is 0.522 bits per heavy atom. The van der Waals surface area contributed by atoms with Crippen molar-refractivity contribution < 1.29 is 61.7 Å². The molecule has 0 amide bonds. The molecule has 0 saturated heterocycles. The first kappa shape index (κ1) is 69.6. The number of hydrogen-bond acceptors (Lipinski definition) is 15. The topological polar surface area (TPSA) is 138 Å². The van der Waals surface area contributed by atoms with Gasteiger partial charge in [-0.15, -0.1) is 13.2 Å². The quantitative estimate of drug-likeness (QED) is 0.0576. The van der Waals surface area contributed by atoms with Gasteiger partial charge in [0.25, 0.3) is 9.28 Å². The zero-order chi connectivity index (χ0) is 53.8. The van der Waals surface area contributed by atoms with E-state index in [1.54, 1.807) is 11.4 Å². The molecule has 0 fully saturated rings. The molecule has 0 bridgehead atoms. The van der Waals surface area contributed by atoms with Crippen LogP contribution in [0.3, 0.4) is 0 Å². The maximum absolute atomic E-state index is 6.89. The third-order valence-corrected chi connectivity index (χ3v) is 77.5. The van der Waals surface area contributed by atoms with Crippen molar-refractivity contribution in [1.29, 1.82) is 0 Å². The van der Waals surface area contributed by atoms with Crippen LogP contribution in [0.1, 0.15) is 0 Å². The lowest BCUT2D eigenvalue weighted by Crippen LogP contribution is -2.63. The molecule has 15 nitrogen and oxygen atoms in total. The van der Waals surface area contributed by atoms with Crippen molar-refractivity contribution >= 4 is 146 Å². The zero-order valence-corrected chi connectivity index (χ0v) is 65.9. The highest BCUT2D eigenvalue weighted by Crippen LogP contribution is 2.32. The fraction of sp³-hybridized carbons (Fsp3) is 0.886. The normalized spacial score (nSPS) is 18.3. The smallest absolute Gasteiger partial charge is 0.343 e. The molecule has 0 N–H and O–H groups in total. The van der Waals surface area contributed by atoms with Crippen LogP contribution in [0.5, 0.6) is 0 Å². The van der Waals surface area contributed by atoms with Gasteiger partial charge in [-0.1, -0.05) is 37.6 Å². The summed E-state index contributed by atoms with van der Waals surface area (Å²) in [6.45, 7) is 73.5. The molecular weight excluding hydrogens is 1140 g/mol. The first-order valence-electron chi connectivity index (χ1n) is 23.7. The SMILES string of the molecule is C=C[Si](C)(O[SiH](C)O[SiH](C)O[SiH](C)[Si](C)(C)C)O[Si](C)(C=C)O[Si](C)(C)O[Si](C)(C)O[Si](C)(C)O[Si](C)(C)O[Si](C)(C)O[Si](C)(C)O[Si](C)(C)O[Si](C)(C)O[Si](C)(C)O[Si](C)(C)O[Si](C)(C)C. The average Bonchev–Trinajstić information content (AvgIpc) is 2.92. The lowest BCUT2D eigenvalue weighted by Gasteiger charge is -2.45. The fourth-order valence-electron chi connectivity index (χ4n) is 8.53. The van der Waals surface area contributed by atoms with E-state index in [2.05, 4.69) is 157 Å². The Balaban J connectivity index is 5.79. The molecule has 5 unspecified atom stereocenters. The van der Waals surface area contributed by atoms with Gasteiger partial charge in [0.15, 0.2) is 8.32 Å². The van der Waals surface area contributed by atoms with Crippen LogP contribution in [-0.4, -0.2) is 146 Å². The lowest BCUT2D eigenvalue weighted by atomic mass is 11.3. The van der Waals surface area contributed by atoms with Gasteiger partial charge in [0.1, 0.15) is 8.56 Å². The van der Waals surface area contributed by atoms with Crippen molar-refractivity contribution in [2.75, 3.05) is 0 Å². The van der Waals surface area contributed by atoms with Crippen LogP contribution in [-0.2, 0) is 61.7 Å². The minimum absolute atomic E-state index is 1.28. The molecule has 0 radical (unpaired) electrons. The minimum atomic E-state index is -3.04. The lowest BCUT2D eigenvalue weighted by molar-refractivity contribution is 0.252. The van der Waals surface area contributed by atoms with E-state index in [1.165, 1.54) is 0 Å². The molecule has 0 aromatic carbocycles. The summed E-state index contributed by atoms with van der Waals surface area (Å²) >= 11 is 0. The van der Waals surface area contributed by atoms with E-state index in [0.29, 0.717) is 0 Å². The average molecular weight is 1240 g/mol. The largest absolute Gasteiger partial charge is 0.444 e. The van der Waals surface area contributed by atoms with Crippen molar-refractivity contribution in [2.45, 2.75) is 203 Å². The van der Waals surface area contributed by atoms with E-state index < -0.39 is 146 Å². The summed E-state index contributed by atoms with van der Waals surface area (Å²) in [4.78, 5) is 0. The summed E-state index contributed by atoms with van der Waals surface area (Å²) in [5, 5.41) is 0. The second-order valence-corrected chi connectivity index (χ2v) is 90.3.